The van der Waals surface area contributed by atoms with Crippen molar-refractivity contribution in [1.82, 2.24) is 5.32 Å². The zero-order chi connectivity index (χ0) is 12.5. The van der Waals surface area contributed by atoms with Gasteiger partial charge in [0.15, 0.2) is 0 Å². The van der Waals surface area contributed by atoms with Crippen LogP contribution in [0.4, 0.5) is 0 Å². The first kappa shape index (κ1) is 12.8. The molecule has 0 spiro atoms. The minimum Gasteiger partial charge on any atom is -0.349 e. The quantitative estimate of drug-likeness (QED) is 0.677. The number of nitrogens with one attached hydrogen (secondary N) is 1. The minimum atomic E-state index is -0.196. The molecule has 0 saturated heterocycles. The van der Waals surface area contributed by atoms with E-state index in [0.717, 1.165) is 25.7 Å². The predicted molar refractivity (Wildman–Crippen MR) is 68.3 cm³/mol. The van der Waals surface area contributed by atoms with Crippen LogP contribution < -0.4 is 16.8 Å². The summed E-state index contributed by atoms with van der Waals surface area (Å²) in [6.07, 6.45) is 6.32. The Labute approximate surface area is 103 Å². The van der Waals surface area contributed by atoms with Crippen LogP contribution in [-0.2, 0) is 4.79 Å². The summed E-state index contributed by atoms with van der Waals surface area (Å²) in [7, 11) is 0. The molecule has 0 bridgehead atoms. The Bertz CT molecular complexity index is 290. The molecule has 2 aliphatic carbocycles. The van der Waals surface area contributed by atoms with E-state index in [0.29, 0.717) is 12.5 Å². The lowest BCUT2D eigenvalue weighted by Gasteiger charge is -2.33. The van der Waals surface area contributed by atoms with Gasteiger partial charge in [-0.2, -0.15) is 0 Å². The van der Waals surface area contributed by atoms with Gasteiger partial charge in [-0.3, -0.25) is 4.79 Å². The Morgan fingerprint density at radius 1 is 1.35 bits per heavy atom. The van der Waals surface area contributed by atoms with E-state index in [9.17, 15) is 4.79 Å². The molecule has 2 fully saturated rings. The second-order valence-electron chi connectivity index (χ2n) is 6.01. The third kappa shape index (κ3) is 2.99. The summed E-state index contributed by atoms with van der Waals surface area (Å²) in [6.45, 7) is 2.60. The number of hydrogen-bond donors (Lipinski definition) is 3. The van der Waals surface area contributed by atoms with Gasteiger partial charge in [-0.1, -0.05) is 6.42 Å². The van der Waals surface area contributed by atoms with Gasteiger partial charge in [0.1, 0.15) is 0 Å². The molecule has 2 aliphatic rings. The predicted octanol–water partition coefficient (Wildman–Crippen LogP) is 0.748. The van der Waals surface area contributed by atoms with Gasteiger partial charge >= 0.3 is 0 Å². The van der Waals surface area contributed by atoms with Crippen molar-refractivity contribution < 1.29 is 4.79 Å². The van der Waals surface area contributed by atoms with Crippen LogP contribution in [0.15, 0.2) is 0 Å². The van der Waals surface area contributed by atoms with Crippen LogP contribution >= 0.6 is 0 Å². The van der Waals surface area contributed by atoms with Crippen LogP contribution in [-0.4, -0.2) is 24.0 Å². The van der Waals surface area contributed by atoms with Gasteiger partial charge in [0.25, 0.3) is 0 Å². The molecule has 0 aromatic carbocycles. The number of carbonyl (C=O) groups is 1. The first-order valence-electron chi connectivity index (χ1n) is 6.83. The third-order valence-corrected chi connectivity index (χ3v) is 4.40. The molecule has 1 amide bonds. The van der Waals surface area contributed by atoms with E-state index in [1.165, 1.54) is 12.8 Å². The molecule has 3 unspecified atom stereocenters. The molecular formula is C13H25N3O. The molecule has 4 heteroatoms. The molecule has 2 saturated carbocycles. The minimum absolute atomic E-state index is 0.100. The Balaban J connectivity index is 1.91. The zero-order valence-corrected chi connectivity index (χ0v) is 10.7. The summed E-state index contributed by atoms with van der Waals surface area (Å²) >= 11 is 0. The molecule has 0 heterocycles. The van der Waals surface area contributed by atoms with Gasteiger partial charge < -0.3 is 16.8 Å². The number of nitrogens with two attached hydrogens (primary N) is 2. The Kier molecular flexibility index (Phi) is 3.73. The highest BCUT2D eigenvalue weighted by Gasteiger charge is 2.42. The maximum atomic E-state index is 12.2. The zero-order valence-electron chi connectivity index (χ0n) is 10.7. The number of rotatable bonds is 4. The molecule has 98 valence electrons. The van der Waals surface area contributed by atoms with Gasteiger partial charge in [0, 0.05) is 18.5 Å². The normalized spacial score (nSPS) is 32.9. The van der Waals surface area contributed by atoms with E-state index in [2.05, 4.69) is 12.2 Å². The average Bonchev–Trinajstić information content (AvgIpc) is 3.13. The summed E-state index contributed by atoms with van der Waals surface area (Å²) in [6, 6.07) is 0.199. The van der Waals surface area contributed by atoms with Gasteiger partial charge in [0.2, 0.25) is 5.91 Å². The van der Waals surface area contributed by atoms with Gasteiger partial charge in [-0.25, -0.2) is 0 Å². The highest BCUT2D eigenvalue weighted by Crippen LogP contribution is 2.39. The monoisotopic (exact) mass is 239 g/mol. The van der Waals surface area contributed by atoms with Crippen LogP contribution in [0, 0.1) is 11.8 Å². The summed E-state index contributed by atoms with van der Waals surface area (Å²) < 4.78 is 0. The maximum Gasteiger partial charge on any atom is 0.223 e. The van der Waals surface area contributed by atoms with Gasteiger partial charge in [-0.05, 0) is 44.9 Å². The molecule has 17 heavy (non-hydrogen) atoms. The lowest BCUT2D eigenvalue weighted by atomic mass is 9.84. The van der Waals surface area contributed by atoms with Crippen LogP contribution in [0.2, 0.25) is 0 Å². The fourth-order valence-electron chi connectivity index (χ4n) is 2.89. The fourth-order valence-corrected chi connectivity index (χ4v) is 2.89. The van der Waals surface area contributed by atoms with E-state index in [4.69, 9.17) is 11.5 Å². The van der Waals surface area contributed by atoms with Crippen molar-refractivity contribution >= 4 is 5.91 Å². The van der Waals surface area contributed by atoms with Crippen molar-refractivity contribution in [3.63, 3.8) is 0 Å². The highest BCUT2D eigenvalue weighted by atomic mass is 16.2. The van der Waals surface area contributed by atoms with Crippen molar-refractivity contribution in [2.45, 2.75) is 57.0 Å². The second-order valence-corrected chi connectivity index (χ2v) is 6.01. The molecule has 5 N–H and O–H groups in total. The topological polar surface area (TPSA) is 81.1 Å². The van der Waals surface area contributed by atoms with E-state index < -0.39 is 0 Å². The molecule has 0 aromatic heterocycles. The van der Waals surface area contributed by atoms with Crippen LogP contribution in [0.5, 0.6) is 0 Å². The van der Waals surface area contributed by atoms with Crippen molar-refractivity contribution in [3.05, 3.63) is 0 Å². The van der Waals surface area contributed by atoms with Gasteiger partial charge in [-0.15, -0.1) is 0 Å². The molecule has 0 radical (unpaired) electrons. The molecule has 0 aromatic rings. The summed E-state index contributed by atoms with van der Waals surface area (Å²) in [5.41, 5.74) is 11.5. The number of amides is 1. The third-order valence-electron chi connectivity index (χ3n) is 4.40. The Morgan fingerprint density at radius 3 is 2.59 bits per heavy atom. The van der Waals surface area contributed by atoms with Gasteiger partial charge in [0.05, 0.1) is 5.54 Å². The molecular weight excluding hydrogens is 214 g/mol. The Morgan fingerprint density at radius 2 is 2.06 bits per heavy atom. The Hall–Kier alpha value is -0.610. The van der Waals surface area contributed by atoms with Crippen molar-refractivity contribution in [2.24, 2.45) is 23.3 Å². The van der Waals surface area contributed by atoms with E-state index in [1.54, 1.807) is 0 Å². The largest absolute Gasteiger partial charge is 0.349 e. The second kappa shape index (κ2) is 4.94. The SMILES string of the molecule is CC(CN)(NC(=O)C1CCCC(N)C1)C1CC1. The maximum absolute atomic E-state index is 12.2. The van der Waals surface area contributed by atoms with E-state index in [-0.39, 0.29) is 23.4 Å². The van der Waals surface area contributed by atoms with E-state index >= 15 is 0 Å². The van der Waals surface area contributed by atoms with Crippen LogP contribution in [0.3, 0.4) is 0 Å². The lowest BCUT2D eigenvalue weighted by Crippen LogP contribution is -2.55. The van der Waals surface area contributed by atoms with Crippen LogP contribution in [0.1, 0.15) is 45.4 Å². The molecule has 3 atom stereocenters. The van der Waals surface area contributed by atoms with E-state index in [1.807, 2.05) is 0 Å². The first-order valence-corrected chi connectivity index (χ1v) is 6.83. The van der Waals surface area contributed by atoms with Crippen molar-refractivity contribution in [1.29, 1.82) is 0 Å². The summed E-state index contributed by atoms with van der Waals surface area (Å²) in [5.74, 6) is 0.845. The lowest BCUT2D eigenvalue weighted by molar-refractivity contribution is -0.128. The molecule has 4 nitrogen and oxygen atoms in total. The van der Waals surface area contributed by atoms with Crippen molar-refractivity contribution in [2.75, 3.05) is 6.54 Å². The average molecular weight is 239 g/mol. The van der Waals surface area contributed by atoms with Crippen molar-refractivity contribution in [3.8, 4) is 0 Å². The molecule has 0 aliphatic heterocycles. The smallest absolute Gasteiger partial charge is 0.223 e. The fraction of sp³-hybridized carbons (Fsp3) is 0.923. The number of hydrogen-bond acceptors (Lipinski definition) is 3. The standard InChI is InChI=1S/C13H25N3O/c1-13(8-14,10-5-6-10)16-12(17)9-3-2-4-11(15)7-9/h9-11H,2-8,14-15H2,1H3,(H,16,17). The summed E-state index contributed by atoms with van der Waals surface area (Å²) in [4.78, 5) is 12.2. The first-order chi connectivity index (χ1) is 8.05. The highest BCUT2D eigenvalue weighted by molar-refractivity contribution is 5.79. The molecule has 2 rings (SSSR count). The summed E-state index contributed by atoms with van der Waals surface area (Å²) in [5, 5.41) is 3.18. The van der Waals surface area contributed by atoms with Crippen LogP contribution in [0.25, 0.3) is 0 Å². The number of carbonyl (C=O) groups excluding carboxylic acids is 1.